The van der Waals surface area contributed by atoms with Crippen molar-refractivity contribution >= 4 is 11.2 Å². The van der Waals surface area contributed by atoms with Gasteiger partial charge in [-0.2, -0.15) is 0 Å². The highest BCUT2D eigenvalue weighted by atomic mass is 14.9. The maximum Gasteiger partial charge on any atom is 0.157 e. The van der Waals surface area contributed by atoms with Crippen molar-refractivity contribution in [3.05, 3.63) is 24.2 Å². The summed E-state index contributed by atoms with van der Waals surface area (Å²) >= 11 is 0. The zero-order chi connectivity index (χ0) is 9.26. The molecule has 3 heteroatoms. The van der Waals surface area contributed by atoms with Crippen molar-refractivity contribution in [1.29, 1.82) is 0 Å². The lowest BCUT2D eigenvalue weighted by molar-refractivity contribution is 0.646. The molecule has 0 unspecified atom stereocenters. The van der Waals surface area contributed by atoms with Crippen LogP contribution < -0.4 is 0 Å². The van der Waals surface area contributed by atoms with Crippen LogP contribution in [0.5, 0.6) is 0 Å². The van der Waals surface area contributed by atoms with E-state index in [4.69, 9.17) is 0 Å². The molecule has 2 aromatic rings. The van der Waals surface area contributed by atoms with Crippen LogP contribution in [0.15, 0.2) is 18.6 Å². The van der Waals surface area contributed by atoms with E-state index in [1.807, 2.05) is 6.20 Å². The summed E-state index contributed by atoms with van der Waals surface area (Å²) in [6.45, 7) is 4.41. The quantitative estimate of drug-likeness (QED) is 0.759. The summed E-state index contributed by atoms with van der Waals surface area (Å²) in [5.74, 6) is 0.665. The minimum absolute atomic E-state index is 0.665. The summed E-state index contributed by atoms with van der Waals surface area (Å²) in [5, 5.41) is 0. The van der Waals surface area contributed by atoms with Gasteiger partial charge in [-0.25, -0.2) is 9.97 Å². The smallest absolute Gasteiger partial charge is 0.157 e. The summed E-state index contributed by atoms with van der Waals surface area (Å²) in [6, 6.07) is 2.10. The number of aromatic nitrogens is 3. The number of nitrogens with zero attached hydrogens (tertiary/aromatic N) is 2. The molecule has 0 fully saturated rings. The fourth-order valence-electron chi connectivity index (χ4n) is 1.45. The zero-order valence-corrected chi connectivity index (χ0v) is 7.91. The maximum atomic E-state index is 4.28. The molecular weight excluding hydrogens is 162 g/mol. The van der Waals surface area contributed by atoms with Crippen molar-refractivity contribution < 1.29 is 0 Å². The van der Waals surface area contributed by atoms with Crippen molar-refractivity contribution in [3.63, 3.8) is 0 Å². The Kier molecular flexibility index (Phi) is 2.00. The van der Waals surface area contributed by atoms with Gasteiger partial charge in [0.15, 0.2) is 5.65 Å². The Labute approximate surface area is 77.2 Å². The van der Waals surface area contributed by atoms with Gasteiger partial charge in [-0.1, -0.05) is 13.8 Å². The van der Waals surface area contributed by atoms with Crippen LogP contribution in [0.2, 0.25) is 0 Å². The number of nitrogens with one attached hydrogen (secondary N) is 1. The molecule has 0 aliphatic carbocycles. The maximum absolute atomic E-state index is 4.28. The first-order valence-corrected chi connectivity index (χ1v) is 4.53. The standard InChI is InChI=1S/C10H13N3/c1-7(2)3-8-4-9-10(11-5-8)13-6-12-9/h4-7H,3H2,1-2H3,(H,11,12,13). The van der Waals surface area contributed by atoms with E-state index in [2.05, 4.69) is 34.9 Å². The second-order valence-electron chi connectivity index (χ2n) is 3.71. The third-order valence-corrected chi connectivity index (χ3v) is 1.97. The molecule has 0 saturated carbocycles. The predicted molar refractivity (Wildman–Crippen MR) is 52.4 cm³/mol. The van der Waals surface area contributed by atoms with Gasteiger partial charge >= 0.3 is 0 Å². The zero-order valence-electron chi connectivity index (χ0n) is 7.91. The summed E-state index contributed by atoms with van der Waals surface area (Å²) in [4.78, 5) is 11.4. The minimum Gasteiger partial charge on any atom is -0.329 e. The Hall–Kier alpha value is -1.38. The van der Waals surface area contributed by atoms with Gasteiger partial charge in [0, 0.05) is 6.20 Å². The Balaban J connectivity index is 2.37. The molecule has 0 atom stereocenters. The number of hydrogen-bond donors (Lipinski definition) is 1. The van der Waals surface area contributed by atoms with E-state index in [1.54, 1.807) is 6.33 Å². The van der Waals surface area contributed by atoms with Gasteiger partial charge in [-0.05, 0) is 24.0 Å². The Morgan fingerprint density at radius 1 is 1.38 bits per heavy atom. The Morgan fingerprint density at radius 2 is 2.23 bits per heavy atom. The summed E-state index contributed by atoms with van der Waals surface area (Å²) in [5.41, 5.74) is 3.08. The third-order valence-electron chi connectivity index (χ3n) is 1.97. The van der Waals surface area contributed by atoms with E-state index in [-0.39, 0.29) is 0 Å². The van der Waals surface area contributed by atoms with Crippen LogP contribution in [-0.4, -0.2) is 15.0 Å². The average molecular weight is 175 g/mol. The van der Waals surface area contributed by atoms with Gasteiger partial charge < -0.3 is 4.98 Å². The summed E-state index contributed by atoms with van der Waals surface area (Å²) < 4.78 is 0. The number of H-pyrrole nitrogens is 1. The average Bonchev–Trinajstić information content (AvgIpc) is 2.49. The van der Waals surface area contributed by atoms with E-state index < -0.39 is 0 Å². The van der Waals surface area contributed by atoms with Crippen molar-refractivity contribution in [2.45, 2.75) is 20.3 Å². The molecule has 0 aliphatic heterocycles. The van der Waals surface area contributed by atoms with E-state index in [0.717, 1.165) is 17.6 Å². The lowest BCUT2D eigenvalue weighted by Gasteiger charge is -2.03. The van der Waals surface area contributed by atoms with Crippen LogP contribution in [-0.2, 0) is 6.42 Å². The topological polar surface area (TPSA) is 41.6 Å². The molecule has 0 bridgehead atoms. The van der Waals surface area contributed by atoms with Crippen LogP contribution in [0.25, 0.3) is 11.2 Å². The second kappa shape index (κ2) is 3.17. The SMILES string of the molecule is CC(C)Cc1cnc2[nH]cnc2c1. The first-order chi connectivity index (χ1) is 6.25. The normalized spacial score (nSPS) is 11.3. The number of fused-ring (bicyclic) bond motifs is 1. The lowest BCUT2D eigenvalue weighted by Crippen LogP contribution is -1.94. The van der Waals surface area contributed by atoms with Gasteiger partial charge in [0.2, 0.25) is 0 Å². The molecule has 2 heterocycles. The Morgan fingerprint density at radius 3 is 3.00 bits per heavy atom. The van der Waals surface area contributed by atoms with E-state index in [9.17, 15) is 0 Å². The van der Waals surface area contributed by atoms with Gasteiger partial charge in [-0.3, -0.25) is 0 Å². The number of imidazole rings is 1. The summed E-state index contributed by atoms with van der Waals surface area (Å²) in [7, 11) is 0. The van der Waals surface area contributed by atoms with E-state index in [0.29, 0.717) is 5.92 Å². The molecule has 2 rings (SSSR count). The van der Waals surface area contributed by atoms with Crippen LogP contribution >= 0.6 is 0 Å². The lowest BCUT2D eigenvalue weighted by atomic mass is 10.1. The molecule has 0 aliphatic rings. The van der Waals surface area contributed by atoms with E-state index in [1.165, 1.54) is 5.56 Å². The number of pyridine rings is 1. The first-order valence-electron chi connectivity index (χ1n) is 4.53. The van der Waals surface area contributed by atoms with Crippen LogP contribution in [0.4, 0.5) is 0 Å². The molecule has 0 amide bonds. The fourth-order valence-corrected chi connectivity index (χ4v) is 1.45. The second-order valence-corrected chi connectivity index (χ2v) is 3.71. The number of aromatic amines is 1. The number of rotatable bonds is 2. The van der Waals surface area contributed by atoms with Gasteiger partial charge in [0.25, 0.3) is 0 Å². The molecule has 1 N–H and O–H groups in total. The van der Waals surface area contributed by atoms with Crippen LogP contribution in [0, 0.1) is 5.92 Å². The highest BCUT2D eigenvalue weighted by molar-refractivity contribution is 5.70. The van der Waals surface area contributed by atoms with Gasteiger partial charge in [0.1, 0.15) is 5.52 Å². The molecule has 3 nitrogen and oxygen atoms in total. The molecule has 13 heavy (non-hydrogen) atoms. The monoisotopic (exact) mass is 175 g/mol. The molecule has 0 saturated heterocycles. The highest BCUT2D eigenvalue weighted by Crippen LogP contribution is 2.11. The number of hydrogen-bond acceptors (Lipinski definition) is 2. The predicted octanol–water partition coefficient (Wildman–Crippen LogP) is 2.16. The first kappa shape index (κ1) is 8.23. The van der Waals surface area contributed by atoms with Crippen LogP contribution in [0.3, 0.4) is 0 Å². The molecule has 2 aromatic heterocycles. The molecular formula is C10H13N3. The van der Waals surface area contributed by atoms with Crippen LogP contribution in [0.1, 0.15) is 19.4 Å². The molecule has 0 aromatic carbocycles. The fraction of sp³-hybridized carbons (Fsp3) is 0.400. The molecule has 68 valence electrons. The largest absolute Gasteiger partial charge is 0.329 e. The third kappa shape index (κ3) is 1.69. The van der Waals surface area contributed by atoms with Gasteiger partial charge in [-0.15, -0.1) is 0 Å². The summed E-state index contributed by atoms with van der Waals surface area (Å²) in [6.07, 6.45) is 4.66. The van der Waals surface area contributed by atoms with Gasteiger partial charge in [0.05, 0.1) is 6.33 Å². The Bertz CT molecular complexity index is 403. The molecule has 0 radical (unpaired) electrons. The minimum atomic E-state index is 0.665. The van der Waals surface area contributed by atoms with Crippen molar-refractivity contribution in [2.24, 2.45) is 5.92 Å². The van der Waals surface area contributed by atoms with Crippen molar-refractivity contribution in [2.75, 3.05) is 0 Å². The van der Waals surface area contributed by atoms with Crippen molar-refractivity contribution in [3.8, 4) is 0 Å². The molecule has 0 spiro atoms. The highest BCUT2D eigenvalue weighted by Gasteiger charge is 2.01. The van der Waals surface area contributed by atoms with E-state index >= 15 is 0 Å². The van der Waals surface area contributed by atoms with Crippen molar-refractivity contribution in [1.82, 2.24) is 15.0 Å².